The Morgan fingerprint density at radius 3 is 2.88 bits per heavy atom. The molecule has 0 spiro atoms. The first-order valence-electron chi connectivity index (χ1n) is 6.85. The lowest BCUT2D eigenvalue weighted by Gasteiger charge is -2.41. The average molecular weight is 237 g/mol. The van der Waals surface area contributed by atoms with Gasteiger partial charge in [0.05, 0.1) is 5.92 Å². The first-order chi connectivity index (χ1) is 8.11. The zero-order chi connectivity index (χ0) is 12.4. The predicted molar refractivity (Wildman–Crippen MR) is 66.7 cm³/mol. The highest BCUT2D eigenvalue weighted by atomic mass is 16.1. The molecule has 1 aliphatic heterocycles. The maximum atomic E-state index is 12.0. The maximum absolute atomic E-state index is 12.0. The fraction of sp³-hybridized carbons (Fsp3) is 0.857. The van der Waals surface area contributed by atoms with Gasteiger partial charge in [-0.1, -0.05) is 6.92 Å². The van der Waals surface area contributed by atoms with Crippen molar-refractivity contribution in [3.63, 3.8) is 0 Å². The maximum Gasteiger partial charge on any atom is 0.143 e. The third kappa shape index (κ3) is 2.76. The summed E-state index contributed by atoms with van der Waals surface area (Å²) in [6, 6.07) is 0. The van der Waals surface area contributed by atoms with Crippen molar-refractivity contribution in [3.8, 4) is 0 Å². The van der Waals surface area contributed by atoms with Gasteiger partial charge in [-0.2, -0.15) is 0 Å². The van der Waals surface area contributed by atoms with Gasteiger partial charge in [-0.25, -0.2) is 0 Å². The lowest BCUT2D eigenvalue weighted by molar-refractivity contribution is -0.138. The Hall–Kier alpha value is -0.700. The first-order valence-corrected chi connectivity index (χ1v) is 6.85. The molecule has 3 atom stereocenters. The zero-order valence-corrected chi connectivity index (χ0v) is 10.9. The van der Waals surface area contributed by atoms with Gasteiger partial charge in [0.2, 0.25) is 0 Å². The largest absolute Gasteiger partial charge is 0.306 e. The quantitative estimate of drug-likeness (QED) is 0.704. The summed E-state index contributed by atoms with van der Waals surface area (Å²) in [7, 11) is 2.13. The van der Waals surface area contributed by atoms with Crippen LogP contribution in [-0.4, -0.2) is 36.6 Å². The third-order valence-corrected chi connectivity index (χ3v) is 4.37. The van der Waals surface area contributed by atoms with E-state index in [-0.39, 0.29) is 17.5 Å². The SMILES string of the molecule is CCCC(=O)C1CC2CN(C)CCC2CC1=O. The Kier molecular flexibility index (Phi) is 3.97. The number of carbonyl (C=O) groups excluding carboxylic acids is 2. The second-order valence-electron chi connectivity index (χ2n) is 5.75. The molecule has 1 aliphatic carbocycles. The molecule has 1 heterocycles. The molecule has 0 aromatic carbocycles. The molecule has 0 N–H and O–H groups in total. The summed E-state index contributed by atoms with van der Waals surface area (Å²) in [5.74, 6) is 1.24. The van der Waals surface area contributed by atoms with Gasteiger partial charge in [-0.15, -0.1) is 0 Å². The van der Waals surface area contributed by atoms with Gasteiger partial charge < -0.3 is 4.90 Å². The molecule has 0 radical (unpaired) electrons. The molecule has 17 heavy (non-hydrogen) atoms. The van der Waals surface area contributed by atoms with Crippen LogP contribution in [0.5, 0.6) is 0 Å². The molecule has 3 heteroatoms. The molecule has 2 aliphatic rings. The normalized spacial score (nSPS) is 34.5. The lowest BCUT2D eigenvalue weighted by atomic mass is 9.69. The molecule has 0 bridgehead atoms. The molecule has 0 aromatic rings. The van der Waals surface area contributed by atoms with Crippen LogP contribution in [0.4, 0.5) is 0 Å². The first kappa shape index (κ1) is 12.7. The number of fused-ring (bicyclic) bond motifs is 1. The van der Waals surface area contributed by atoms with Crippen molar-refractivity contribution in [1.29, 1.82) is 0 Å². The number of carbonyl (C=O) groups is 2. The van der Waals surface area contributed by atoms with E-state index in [0.717, 1.165) is 32.4 Å². The molecule has 0 aromatic heterocycles. The molecule has 0 amide bonds. The van der Waals surface area contributed by atoms with E-state index in [1.807, 2.05) is 6.92 Å². The van der Waals surface area contributed by atoms with Gasteiger partial charge in [0.15, 0.2) is 0 Å². The highest BCUT2D eigenvalue weighted by molar-refractivity contribution is 6.02. The van der Waals surface area contributed by atoms with Crippen LogP contribution in [0.15, 0.2) is 0 Å². The van der Waals surface area contributed by atoms with E-state index in [9.17, 15) is 9.59 Å². The second-order valence-corrected chi connectivity index (χ2v) is 5.75. The number of nitrogens with zero attached hydrogens (tertiary/aromatic N) is 1. The molecule has 2 fully saturated rings. The topological polar surface area (TPSA) is 37.4 Å². The van der Waals surface area contributed by atoms with Crippen LogP contribution in [0.3, 0.4) is 0 Å². The Morgan fingerprint density at radius 1 is 1.41 bits per heavy atom. The van der Waals surface area contributed by atoms with Gasteiger partial charge in [-0.3, -0.25) is 9.59 Å². The van der Waals surface area contributed by atoms with Crippen molar-refractivity contribution in [2.24, 2.45) is 17.8 Å². The van der Waals surface area contributed by atoms with Crippen LogP contribution in [0.1, 0.15) is 39.0 Å². The average Bonchev–Trinajstić information content (AvgIpc) is 2.29. The van der Waals surface area contributed by atoms with Gasteiger partial charge >= 0.3 is 0 Å². The molecule has 3 unspecified atom stereocenters. The predicted octanol–water partition coefficient (Wildman–Crippen LogP) is 1.90. The van der Waals surface area contributed by atoms with Crippen molar-refractivity contribution in [1.82, 2.24) is 4.90 Å². The van der Waals surface area contributed by atoms with Gasteiger partial charge in [0.1, 0.15) is 11.6 Å². The van der Waals surface area contributed by atoms with E-state index in [2.05, 4.69) is 11.9 Å². The smallest absolute Gasteiger partial charge is 0.143 e. The van der Waals surface area contributed by atoms with Crippen molar-refractivity contribution in [3.05, 3.63) is 0 Å². The summed E-state index contributed by atoms with van der Waals surface area (Å²) in [4.78, 5) is 26.3. The molecule has 2 rings (SSSR count). The standard InChI is InChI=1S/C14H23NO2/c1-3-4-13(16)12-7-11-9-15(2)6-5-10(11)8-14(12)17/h10-12H,3-9H2,1-2H3. The van der Waals surface area contributed by atoms with Crippen LogP contribution >= 0.6 is 0 Å². The van der Waals surface area contributed by atoms with Crippen molar-refractivity contribution in [2.45, 2.75) is 39.0 Å². The highest BCUT2D eigenvalue weighted by Gasteiger charge is 2.40. The van der Waals surface area contributed by atoms with Gasteiger partial charge in [0.25, 0.3) is 0 Å². The molecule has 1 saturated heterocycles. The monoisotopic (exact) mass is 237 g/mol. The highest BCUT2D eigenvalue weighted by Crippen LogP contribution is 2.37. The van der Waals surface area contributed by atoms with E-state index in [1.165, 1.54) is 0 Å². The van der Waals surface area contributed by atoms with E-state index >= 15 is 0 Å². The second kappa shape index (κ2) is 5.30. The summed E-state index contributed by atoms with van der Waals surface area (Å²) >= 11 is 0. The van der Waals surface area contributed by atoms with Crippen molar-refractivity contribution >= 4 is 11.6 Å². The summed E-state index contributed by atoms with van der Waals surface area (Å²) in [5.41, 5.74) is 0. The van der Waals surface area contributed by atoms with E-state index in [4.69, 9.17) is 0 Å². The van der Waals surface area contributed by atoms with Crippen LogP contribution in [0.2, 0.25) is 0 Å². The van der Waals surface area contributed by atoms with Crippen LogP contribution in [0.25, 0.3) is 0 Å². The fourth-order valence-electron chi connectivity index (χ4n) is 3.36. The number of hydrogen-bond acceptors (Lipinski definition) is 3. The minimum absolute atomic E-state index is 0.184. The van der Waals surface area contributed by atoms with Crippen LogP contribution in [-0.2, 0) is 9.59 Å². The zero-order valence-electron chi connectivity index (χ0n) is 10.9. The number of Topliss-reactive ketones (excluding diaryl/α,β-unsaturated/α-hetero) is 2. The summed E-state index contributed by atoms with van der Waals surface area (Å²) in [5, 5.41) is 0. The van der Waals surface area contributed by atoms with Crippen LogP contribution < -0.4 is 0 Å². The van der Waals surface area contributed by atoms with E-state index in [0.29, 0.717) is 24.7 Å². The van der Waals surface area contributed by atoms with Gasteiger partial charge in [0, 0.05) is 19.4 Å². The number of piperidine rings is 1. The fourth-order valence-corrected chi connectivity index (χ4v) is 3.36. The molecule has 1 saturated carbocycles. The summed E-state index contributed by atoms with van der Waals surface area (Å²) < 4.78 is 0. The van der Waals surface area contributed by atoms with Crippen molar-refractivity contribution in [2.75, 3.05) is 20.1 Å². The Morgan fingerprint density at radius 2 is 2.18 bits per heavy atom. The Labute approximate surface area is 104 Å². The molecular weight excluding hydrogens is 214 g/mol. The number of likely N-dealkylation sites (tertiary alicyclic amines) is 1. The minimum atomic E-state index is -0.275. The van der Waals surface area contributed by atoms with Crippen LogP contribution in [0, 0.1) is 17.8 Å². The lowest BCUT2D eigenvalue weighted by Crippen LogP contribution is -2.45. The van der Waals surface area contributed by atoms with E-state index in [1.54, 1.807) is 0 Å². The van der Waals surface area contributed by atoms with Crippen molar-refractivity contribution < 1.29 is 9.59 Å². The summed E-state index contributed by atoms with van der Waals surface area (Å²) in [6.07, 6.45) is 4.02. The Balaban J connectivity index is 2.01. The molecular formula is C14H23NO2. The number of hydrogen-bond donors (Lipinski definition) is 0. The molecule has 3 nitrogen and oxygen atoms in total. The minimum Gasteiger partial charge on any atom is -0.306 e. The Bertz CT molecular complexity index is 313. The number of ketones is 2. The summed E-state index contributed by atoms with van der Waals surface area (Å²) in [6.45, 7) is 4.16. The third-order valence-electron chi connectivity index (χ3n) is 4.37. The van der Waals surface area contributed by atoms with E-state index < -0.39 is 0 Å². The number of rotatable bonds is 3. The molecule has 96 valence electrons. The van der Waals surface area contributed by atoms with Gasteiger partial charge in [-0.05, 0) is 44.7 Å².